The van der Waals surface area contributed by atoms with Gasteiger partial charge in [0.15, 0.2) is 0 Å². The first kappa shape index (κ1) is 12.6. The van der Waals surface area contributed by atoms with Crippen molar-refractivity contribution in [1.29, 1.82) is 0 Å². The van der Waals surface area contributed by atoms with Crippen molar-refractivity contribution >= 4 is 5.97 Å². The maximum absolute atomic E-state index is 11.1. The summed E-state index contributed by atoms with van der Waals surface area (Å²) in [6.07, 6.45) is 2.39. The molecule has 1 aromatic rings. The minimum absolute atomic E-state index is 0.0407. The first-order chi connectivity index (χ1) is 8.63. The first-order valence-corrected chi connectivity index (χ1v) is 5.90. The van der Waals surface area contributed by atoms with Crippen LogP contribution in [0.3, 0.4) is 0 Å². The van der Waals surface area contributed by atoms with E-state index in [2.05, 4.69) is 4.90 Å². The number of carboxylic acids is 1. The third kappa shape index (κ3) is 2.38. The van der Waals surface area contributed by atoms with Gasteiger partial charge in [-0.1, -0.05) is 24.3 Å². The van der Waals surface area contributed by atoms with Crippen molar-refractivity contribution in [3.05, 3.63) is 41.5 Å². The van der Waals surface area contributed by atoms with E-state index in [1.165, 1.54) is 0 Å². The molecule has 0 amide bonds. The Kier molecular flexibility index (Phi) is 3.67. The molecule has 0 bridgehead atoms. The van der Waals surface area contributed by atoms with Crippen LogP contribution < -0.4 is 4.74 Å². The molecule has 1 atom stereocenters. The van der Waals surface area contributed by atoms with Crippen LogP contribution in [0.2, 0.25) is 0 Å². The fraction of sp³-hybridized carbons (Fsp3) is 0.357. The SMILES string of the molecule is COc1ccccc1C1C=C(C(=O)O)CCN1C. The van der Waals surface area contributed by atoms with Crippen molar-refractivity contribution in [2.24, 2.45) is 0 Å². The van der Waals surface area contributed by atoms with E-state index >= 15 is 0 Å². The fourth-order valence-electron chi connectivity index (χ4n) is 2.25. The molecule has 2 rings (SSSR count). The van der Waals surface area contributed by atoms with E-state index in [0.29, 0.717) is 12.0 Å². The molecule has 1 N–H and O–H groups in total. The van der Waals surface area contributed by atoms with Crippen LogP contribution in [0.5, 0.6) is 5.75 Å². The smallest absolute Gasteiger partial charge is 0.331 e. The molecule has 0 aromatic heterocycles. The van der Waals surface area contributed by atoms with Gasteiger partial charge >= 0.3 is 5.97 Å². The van der Waals surface area contributed by atoms with Gasteiger partial charge in [-0.3, -0.25) is 4.90 Å². The van der Waals surface area contributed by atoms with Gasteiger partial charge in [-0.15, -0.1) is 0 Å². The fourth-order valence-corrected chi connectivity index (χ4v) is 2.25. The number of aliphatic carboxylic acids is 1. The predicted molar refractivity (Wildman–Crippen MR) is 68.7 cm³/mol. The molecular formula is C14H17NO3. The number of hydrogen-bond acceptors (Lipinski definition) is 3. The first-order valence-electron chi connectivity index (χ1n) is 5.90. The quantitative estimate of drug-likeness (QED) is 0.888. The summed E-state index contributed by atoms with van der Waals surface area (Å²) in [6.45, 7) is 0.737. The molecule has 1 aromatic carbocycles. The lowest BCUT2D eigenvalue weighted by Crippen LogP contribution is -2.30. The zero-order chi connectivity index (χ0) is 13.1. The highest BCUT2D eigenvalue weighted by Crippen LogP contribution is 2.33. The monoisotopic (exact) mass is 247 g/mol. The van der Waals surface area contributed by atoms with Crippen molar-refractivity contribution < 1.29 is 14.6 Å². The maximum atomic E-state index is 11.1. The van der Waals surface area contributed by atoms with Crippen LogP contribution in [-0.4, -0.2) is 36.7 Å². The topological polar surface area (TPSA) is 49.8 Å². The summed E-state index contributed by atoms with van der Waals surface area (Å²) in [5, 5.41) is 9.10. The number of nitrogens with zero attached hydrogens (tertiary/aromatic N) is 1. The van der Waals surface area contributed by atoms with Crippen LogP contribution >= 0.6 is 0 Å². The molecule has 0 saturated carbocycles. The van der Waals surface area contributed by atoms with Crippen LogP contribution in [0.1, 0.15) is 18.0 Å². The van der Waals surface area contributed by atoms with E-state index in [9.17, 15) is 4.79 Å². The minimum Gasteiger partial charge on any atom is -0.496 e. The zero-order valence-corrected chi connectivity index (χ0v) is 10.6. The number of hydrogen-bond donors (Lipinski definition) is 1. The Labute approximate surface area is 106 Å². The van der Waals surface area contributed by atoms with Gasteiger partial charge in [0.05, 0.1) is 13.2 Å². The second-order valence-electron chi connectivity index (χ2n) is 4.41. The second kappa shape index (κ2) is 5.23. The third-order valence-electron chi connectivity index (χ3n) is 3.30. The summed E-state index contributed by atoms with van der Waals surface area (Å²) in [5.41, 5.74) is 1.48. The minimum atomic E-state index is -0.831. The normalized spacial score (nSPS) is 20.3. The largest absolute Gasteiger partial charge is 0.496 e. The molecule has 1 aliphatic rings. The number of methoxy groups -OCH3 is 1. The lowest BCUT2D eigenvalue weighted by atomic mass is 9.96. The molecule has 0 fully saturated rings. The van der Waals surface area contributed by atoms with E-state index in [1.807, 2.05) is 37.4 Å². The van der Waals surface area contributed by atoms with Crippen molar-refractivity contribution in [3.63, 3.8) is 0 Å². The Bertz CT molecular complexity index is 482. The Morgan fingerprint density at radius 3 is 2.83 bits per heavy atom. The van der Waals surface area contributed by atoms with Crippen molar-refractivity contribution in [2.45, 2.75) is 12.5 Å². The van der Waals surface area contributed by atoms with E-state index in [0.717, 1.165) is 17.9 Å². The van der Waals surface area contributed by atoms with Gasteiger partial charge in [0.1, 0.15) is 5.75 Å². The van der Waals surface area contributed by atoms with Gasteiger partial charge in [-0.05, 0) is 19.5 Å². The van der Waals surface area contributed by atoms with Gasteiger partial charge in [0.2, 0.25) is 0 Å². The summed E-state index contributed by atoms with van der Waals surface area (Å²) in [5.74, 6) is -0.0414. The Hall–Kier alpha value is -1.81. The Morgan fingerprint density at radius 1 is 1.44 bits per heavy atom. The van der Waals surface area contributed by atoms with Crippen molar-refractivity contribution in [2.75, 3.05) is 20.7 Å². The number of rotatable bonds is 3. The number of carboxylic acid groups (broad SMARTS) is 1. The lowest BCUT2D eigenvalue weighted by Gasteiger charge is -2.31. The van der Waals surface area contributed by atoms with Gasteiger partial charge in [0.25, 0.3) is 0 Å². The molecular weight excluding hydrogens is 230 g/mol. The van der Waals surface area contributed by atoms with Gasteiger partial charge in [-0.25, -0.2) is 4.79 Å². The average molecular weight is 247 g/mol. The number of carbonyl (C=O) groups is 1. The van der Waals surface area contributed by atoms with Crippen LogP contribution in [0.15, 0.2) is 35.9 Å². The summed E-state index contributed by atoms with van der Waals surface area (Å²) >= 11 is 0. The lowest BCUT2D eigenvalue weighted by molar-refractivity contribution is -0.133. The molecule has 0 aliphatic carbocycles. The van der Waals surface area contributed by atoms with E-state index in [1.54, 1.807) is 7.11 Å². The number of benzene rings is 1. The Balaban J connectivity index is 2.41. The molecule has 1 aliphatic heterocycles. The molecule has 0 saturated heterocycles. The predicted octanol–water partition coefficient (Wildman–Crippen LogP) is 2.08. The van der Waals surface area contributed by atoms with Crippen LogP contribution in [0, 0.1) is 0 Å². The molecule has 4 nitrogen and oxygen atoms in total. The summed E-state index contributed by atoms with van der Waals surface area (Å²) in [4.78, 5) is 13.2. The van der Waals surface area contributed by atoms with Crippen LogP contribution in [0.4, 0.5) is 0 Å². The van der Waals surface area contributed by atoms with E-state index in [-0.39, 0.29) is 6.04 Å². The van der Waals surface area contributed by atoms with Gasteiger partial charge in [0, 0.05) is 17.7 Å². The average Bonchev–Trinajstić information content (AvgIpc) is 2.39. The summed E-state index contributed by atoms with van der Waals surface area (Å²) in [7, 11) is 3.62. The molecule has 1 heterocycles. The Morgan fingerprint density at radius 2 is 2.17 bits per heavy atom. The summed E-state index contributed by atoms with van der Waals surface area (Å²) < 4.78 is 5.34. The zero-order valence-electron chi connectivity index (χ0n) is 10.6. The van der Waals surface area contributed by atoms with Gasteiger partial charge < -0.3 is 9.84 Å². The molecule has 18 heavy (non-hydrogen) atoms. The molecule has 0 radical (unpaired) electrons. The van der Waals surface area contributed by atoms with Crippen molar-refractivity contribution in [1.82, 2.24) is 4.90 Å². The van der Waals surface area contributed by atoms with Crippen molar-refractivity contribution in [3.8, 4) is 5.75 Å². The van der Waals surface area contributed by atoms with E-state index in [4.69, 9.17) is 9.84 Å². The molecule has 1 unspecified atom stereocenters. The van der Waals surface area contributed by atoms with E-state index < -0.39 is 5.97 Å². The number of ether oxygens (including phenoxy) is 1. The number of para-hydroxylation sites is 1. The maximum Gasteiger partial charge on any atom is 0.331 e. The summed E-state index contributed by atoms with van der Waals surface area (Å²) in [6, 6.07) is 7.68. The molecule has 96 valence electrons. The van der Waals surface area contributed by atoms with Crippen LogP contribution in [-0.2, 0) is 4.79 Å². The highest BCUT2D eigenvalue weighted by molar-refractivity contribution is 5.87. The van der Waals surface area contributed by atoms with Crippen LogP contribution in [0.25, 0.3) is 0 Å². The highest BCUT2D eigenvalue weighted by atomic mass is 16.5. The highest BCUT2D eigenvalue weighted by Gasteiger charge is 2.25. The van der Waals surface area contributed by atoms with Gasteiger partial charge in [-0.2, -0.15) is 0 Å². The standard InChI is InChI=1S/C14H17NO3/c1-15-8-7-10(14(16)17)9-12(15)11-5-3-4-6-13(11)18-2/h3-6,9,12H,7-8H2,1-2H3,(H,16,17). The second-order valence-corrected chi connectivity index (χ2v) is 4.41. The molecule has 4 heteroatoms. The molecule has 0 spiro atoms. The number of likely N-dealkylation sites (N-methyl/N-ethyl adjacent to an activating group) is 1. The third-order valence-corrected chi connectivity index (χ3v) is 3.30.